The summed E-state index contributed by atoms with van der Waals surface area (Å²) in [6.07, 6.45) is 2.23. The van der Waals surface area contributed by atoms with Gasteiger partial charge in [-0.15, -0.1) is 0 Å². The van der Waals surface area contributed by atoms with Crippen LogP contribution < -0.4 is 10.7 Å². The Labute approximate surface area is 232 Å². The number of fused-ring (bicyclic) bond motifs is 1. The average Bonchev–Trinajstić information content (AvgIpc) is 2.97. The quantitative estimate of drug-likeness (QED) is 0.280. The molecule has 208 valence electrons. The number of ether oxygens (including phenoxy) is 1. The predicted molar refractivity (Wildman–Crippen MR) is 151 cm³/mol. The Kier molecular flexibility index (Phi) is 9.64. The summed E-state index contributed by atoms with van der Waals surface area (Å²) in [5.41, 5.74) is 2.90. The molecule has 0 aliphatic heterocycles. The topological polar surface area (TPSA) is 92.1 Å². The van der Waals surface area contributed by atoms with Gasteiger partial charge in [0.15, 0.2) is 5.43 Å². The number of para-hydroxylation sites is 1. The van der Waals surface area contributed by atoms with Crippen molar-refractivity contribution in [3.05, 3.63) is 112 Å². The molecule has 0 saturated carbocycles. The minimum Gasteiger partial charge on any atom is -0.464 e. The number of benzene rings is 3. The van der Waals surface area contributed by atoms with Gasteiger partial charge < -0.3 is 24.3 Å². The molecule has 8 nitrogen and oxygen atoms in total. The predicted octanol–water partition coefficient (Wildman–Crippen LogP) is 5.20. The van der Waals surface area contributed by atoms with Crippen molar-refractivity contribution >= 4 is 28.6 Å². The Morgan fingerprint density at radius 2 is 1.62 bits per heavy atom. The van der Waals surface area contributed by atoms with Gasteiger partial charge in [0.1, 0.15) is 17.9 Å². The van der Waals surface area contributed by atoms with Gasteiger partial charge in [0, 0.05) is 25.9 Å². The average molecular weight is 546 g/mol. The molecule has 3 aromatic carbocycles. The summed E-state index contributed by atoms with van der Waals surface area (Å²) in [6, 6.07) is 19.7. The lowest BCUT2D eigenvalue weighted by atomic mass is 10.1. The van der Waals surface area contributed by atoms with Crippen LogP contribution in [0.2, 0.25) is 0 Å². The molecule has 0 unspecified atom stereocenters. The van der Waals surface area contributed by atoms with E-state index < -0.39 is 17.8 Å². The first-order valence-corrected chi connectivity index (χ1v) is 13.0. The summed E-state index contributed by atoms with van der Waals surface area (Å²) in [5, 5.41) is 3.24. The second-order valence-electron chi connectivity index (χ2n) is 9.36. The molecule has 4 rings (SSSR count). The third kappa shape index (κ3) is 7.33. The lowest BCUT2D eigenvalue weighted by molar-refractivity contribution is -0.133. The van der Waals surface area contributed by atoms with Crippen LogP contribution in [0.15, 0.2) is 88.3 Å². The number of hydrogen-bond donors (Lipinski definition) is 1. The van der Waals surface area contributed by atoms with E-state index in [2.05, 4.69) is 5.32 Å². The Balaban J connectivity index is 1.57. The third-order valence-electron chi connectivity index (χ3n) is 6.54. The van der Waals surface area contributed by atoms with Crippen molar-refractivity contribution in [2.45, 2.75) is 26.4 Å². The van der Waals surface area contributed by atoms with Crippen molar-refractivity contribution in [3.8, 4) is 0 Å². The van der Waals surface area contributed by atoms with Crippen LogP contribution >= 0.6 is 0 Å². The zero-order chi connectivity index (χ0) is 28.5. The van der Waals surface area contributed by atoms with Crippen LogP contribution in [0.1, 0.15) is 23.6 Å². The van der Waals surface area contributed by atoms with E-state index in [1.54, 1.807) is 36.4 Å². The SMILES string of the molecule is CCc1ccc(NC(=O)N(CCOC)CC(=O)N(Cc2ccc(F)cc2)Cc2coc3ccccc3c2=O)cc1. The van der Waals surface area contributed by atoms with Crippen molar-refractivity contribution in [3.63, 3.8) is 0 Å². The van der Waals surface area contributed by atoms with Crippen molar-refractivity contribution < 1.29 is 23.1 Å². The Morgan fingerprint density at radius 1 is 0.925 bits per heavy atom. The van der Waals surface area contributed by atoms with Crippen LogP contribution in [0.4, 0.5) is 14.9 Å². The van der Waals surface area contributed by atoms with E-state index in [-0.39, 0.29) is 43.8 Å². The molecular formula is C31H32FN3O5. The first-order chi connectivity index (χ1) is 19.4. The van der Waals surface area contributed by atoms with Gasteiger partial charge in [-0.2, -0.15) is 0 Å². The number of urea groups is 1. The highest BCUT2D eigenvalue weighted by atomic mass is 19.1. The van der Waals surface area contributed by atoms with Gasteiger partial charge >= 0.3 is 6.03 Å². The van der Waals surface area contributed by atoms with Gasteiger partial charge in [-0.05, 0) is 53.9 Å². The fraction of sp³-hybridized carbons (Fsp3) is 0.258. The van der Waals surface area contributed by atoms with Gasteiger partial charge in [0.05, 0.1) is 30.4 Å². The van der Waals surface area contributed by atoms with E-state index >= 15 is 0 Å². The molecule has 40 heavy (non-hydrogen) atoms. The number of nitrogens with zero attached hydrogens (tertiary/aromatic N) is 2. The van der Waals surface area contributed by atoms with Crippen LogP contribution in [-0.4, -0.2) is 48.5 Å². The van der Waals surface area contributed by atoms with Gasteiger partial charge in [-0.3, -0.25) is 9.59 Å². The van der Waals surface area contributed by atoms with Crippen molar-refractivity contribution in [2.24, 2.45) is 0 Å². The fourth-order valence-corrected chi connectivity index (χ4v) is 4.22. The Morgan fingerprint density at radius 3 is 2.33 bits per heavy atom. The van der Waals surface area contributed by atoms with E-state index in [0.29, 0.717) is 22.2 Å². The van der Waals surface area contributed by atoms with E-state index in [9.17, 15) is 18.8 Å². The van der Waals surface area contributed by atoms with Gasteiger partial charge in [-0.1, -0.05) is 43.3 Å². The first-order valence-electron chi connectivity index (χ1n) is 13.0. The Hall–Kier alpha value is -4.50. The number of rotatable bonds is 11. The van der Waals surface area contributed by atoms with Crippen LogP contribution in [0, 0.1) is 5.82 Å². The normalized spacial score (nSPS) is 10.9. The third-order valence-corrected chi connectivity index (χ3v) is 6.54. The number of methoxy groups -OCH3 is 1. The van der Waals surface area contributed by atoms with Crippen LogP contribution in [0.5, 0.6) is 0 Å². The zero-order valence-corrected chi connectivity index (χ0v) is 22.6. The number of aryl methyl sites for hydroxylation is 1. The number of nitrogens with one attached hydrogen (secondary N) is 1. The highest BCUT2D eigenvalue weighted by molar-refractivity contribution is 5.92. The minimum absolute atomic E-state index is 0.0540. The van der Waals surface area contributed by atoms with Crippen molar-refractivity contribution in [2.75, 3.05) is 32.1 Å². The maximum atomic E-state index is 13.7. The molecule has 1 aromatic heterocycles. The molecule has 0 aliphatic rings. The second-order valence-corrected chi connectivity index (χ2v) is 9.36. The smallest absolute Gasteiger partial charge is 0.322 e. The monoisotopic (exact) mass is 545 g/mol. The first kappa shape index (κ1) is 28.5. The summed E-state index contributed by atoms with van der Waals surface area (Å²) in [6.45, 7) is 2.23. The molecule has 0 atom stereocenters. The molecule has 0 bridgehead atoms. The van der Waals surface area contributed by atoms with Gasteiger partial charge in [-0.25, -0.2) is 9.18 Å². The number of hydrogen-bond acceptors (Lipinski definition) is 5. The summed E-state index contributed by atoms with van der Waals surface area (Å²) in [4.78, 5) is 42.8. The number of anilines is 1. The molecule has 0 fully saturated rings. The summed E-state index contributed by atoms with van der Waals surface area (Å²) in [7, 11) is 1.52. The molecule has 4 aromatic rings. The van der Waals surface area contributed by atoms with Gasteiger partial charge in [0.25, 0.3) is 0 Å². The maximum Gasteiger partial charge on any atom is 0.322 e. The molecule has 0 saturated heterocycles. The fourth-order valence-electron chi connectivity index (χ4n) is 4.22. The molecule has 1 heterocycles. The van der Waals surface area contributed by atoms with Crippen LogP contribution in [-0.2, 0) is 29.0 Å². The lowest BCUT2D eigenvalue weighted by Crippen LogP contribution is -2.45. The molecule has 9 heteroatoms. The lowest BCUT2D eigenvalue weighted by Gasteiger charge is -2.28. The Bertz CT molecular complexity index is 1500. The van der Waals surface area contributed by atoms with Crippen molar-refractivity contribution in [1.82, 2.24) is 9.80 Å². The van der Waals surface area contributed by atoms with E-state index in [4.69, 9.17) is 9.15 Å². The van der Waals surface area contributed by atoms with Crippen LogP contribution in [0.25, 0.3) is 11.0 Å². The number of carbonyl (C=O) groups excluding carboxylic acids is 2. The highest BCUT2D eigenvalue weighted by Gasteiger charge is 2.23. The molecule has 1 N–H and O–H groups in total. The minimum atomic E-state index is -0.457. The van der Waals surface area contributed by atoms with Gasteiger partial charge in [0.2, 0.25) is 5.91 Å². The molecule has 0 spiro atoms. The molecule has 0 aliphatic carbocycles. The maximum absolute atomic E-state index is 13.7. The van der Waals surface area contributed by atoms with E-state index in [1.165, 1.54) is 35.3 Å². The summed E-state index contributed by atoms with van der Waals surface area (Å²) < 4.78 is 24.3. The molecule has 0 radical (unpaired) electrons. The van der Waals surface area contributed by atoms with Crippen molar-refractivity contribution in [1.29, 1.82) is 0 Å². The second kappa shape index (κ2) is 13.5. The van der Waals surface area contributed by atoms with Crippen LogP contribution in [0.3, 0.4) is 0 Å². The molecule has 3 amide bonds. The number of amides is 3. The standard InChI is InChI=1S/C31H32FN3O5/c1-3-22-10-14-26(15-11-22)33-31(38)34(16-17-39-2)20-29(36)35(18-23-8-12-25(32)13-9-23)19-24-21-40-28-7-5-4-6-27(28)30(24)37/h4-15,21H,3,16-20H2,1-2H3,(H,33,38). The summed E-state index contributed by atoms with van der Waals surface area (Å²) >= 11 is 0. The van der Waals surface area contributed by atoms with E-state index in [0.717, 1.165) is 12.0 Å². The van der Waals surface area contributed by atoms with E-state index in [1.807, 2.05) is 31.2 Å². The zero-order valence-electron chi connectivity index (χ0n) is 22.6. The number of carbonyl (C=O) groups is 2. The highest BCUT2D eigenvalue weighted by Crippen LogP contribution is 2.16. The summed E-state index contributed by atoms with van der Waals surface area (Å²) in [5.74, 6) is -0.796. The number of halogens is 1. The largest absolute Gasteiger partial charge is 0.464 e. The molecular weight excluding hydrogens is 513 g/mol.